The molecule has 5 heteroatoms. The third-order valence-corrected chi connectivity index (χ3v) is 5.77. The number of hydrogen-bond donors (Lipinski definition) is 0. The Morgan fingerprint density at radius 3 is 2.50 bits per heavy atom. The minimum Gasteiger partial charge on any atom is -0.493 e. The molecule has 2 aliphatic rings. The number of ketones is 1. The van der Waals surface area contributed by atoms with Crippen LogP contribution in [0.15, 0.2) is 51.9 Å². The molecule has 24 heavy (non-hydrogen) atoms. The number of Topliss-reactive ketones (excluding diaryl/α,β-unsaturated/α-hetero) is 1. The second-order valence-corrected chi connectivity index (χ2v) is 6.81. The zero-order valence-electron chi connectivity index (χ0n) is 13.8. The quantitative estimate of drug-likeness (QED) is 0.776. The van der Waals surface area contributed by atoms with Crippen molar-refractivity contribution in [2.75, 3.05) is 26.2 Å². The van der Waals surface area contributed by atoms with E-state index < -0.39 is 0 Å². The zero-order valence-corrected chi connectivity index (χ0v) is 14.6. The third kappa shape index (κ3) is 2.12. The molecule has 4 rings (SSSR count). The molecule has 1 heterocycles. The lowest BCUT2D eigenvalue weighted by Gasteiger charge is -2.15. The molecule has 0 bridgehead atoms. The fourth-order valence-electron chi connectivity index (χ4n) is 3.25. The topological polar surface area (TPSA) is 38.8 Å². The smallest absolute Gasteiger partial charge is 0.192 e. The fourth-order valence-corrected chi connectivity index (χ4v) is 4.44. The predicted octanol–water partition coefficient (Wildman–Crippen LogP) is 3.90. The Kier molecular flexibility index (Phi) is 3.53. The number of anilines is 1. The Morgan fingerprint density at radius 2 is 1.79 bits per heavy atom. The van der Waals surface area contributed by atoms with Crippen molar-refractivity contribution in [3.63, 3.8) is 0 Å². The Morgan fingerprint density at radius 1 is 1.08 bits per heavy atom. The van der Waals surface area contributed by atoms with Gasteiger partial charge in [-0.05, 0) is 29.8 Å². The molecule has 122 valence electrons. The molecule has 2 aromatic rings. The molecular formula is C19H17NO3S. The molecule has 1 aliphatic heterocycles. The molecule has 0 radical (unpaired) electrons. The molecule has 0 saturated heterocycles. The highest BCUT2D eigenvalue weighted by Crippen LogP contribution is 2.48. The first-order valence-corrected chi connectivity index (χ1v) is 8.49. The maximum absolute atomic E-state index is 13.0. The van der Waals surface area contributed by atoms with Crippen LogP contribution in [0.1, 0.15) is 15.9 Å². The molecule has 2 aromatic carbocycles. The van der Waals surface area contributed by atoms with E-state index in [1.54, 1.807) is 32.0 Å². The molecule has 0 N–H and O–H groups in total. The summed E-state index contributed by atoms with van der Waals surface area (Å²) in [7, 11) is 5.20. The highest BCUT2D eigenvalue weighted by atomic mass is 32.2. The number of allylic oxidation sites excluding steroid dienone is 1. The molecule has 1 aliphatic carbocycles. The Labute approximate surface area is 145 Å². The van der Waals surface area contributed by atoms with Crippen LogP contribution in [0, 0.1) is 0 Å². The average molecular weight is 339 g/mol. The Hall–Kier alpha value is -2.40. The highest BCUT2D eigenvalue weighted by molar-refractivity contribution is 8.03. The number of methoxy groups -OCH3 is 2. The van der Waals surface area contributed by atoms with E-state index in [-0.39, 0.29) is 5.78 Å². The summed E-state index contributed by atoms with van der Waals surface area (Å²) >= 11 is 1.66. The van der Waals surface area contributed by atoms with Gasteiger partial charge in [-0.2, -0.15) is 0 Å². The summed E-state index contributed by atoms with van der Waals surface area (Å²) in [5, 5.41) is 1.01. The first-order valence-electron chi connectivity index (χ1n) is 7.67. The lowest BCUT2D eigenvalue weighted by atomic mass is 10.1. The van der Waals surface area contributed by atoms with Gasteiger partial charge in [0.25, 0.3) is 0 Å². The van der Waals surface area contributed by atoms with Crippen molar-refractivity contribution in [3.05, 3.63) is 58.1 Å². The van der Waals surface area contributed by atoms with Crippen molar-refractivity contribution in [3.8, 4) is 11.5 Å². The van der Waals surface area contributed by atoms with Crippen LogP contribution in [0.5, 0.6) is 11.5 Å². The van der Waals surface area contributed by atoms with Gasteiger partial charge in [0, 0.05) is 29.5 Å². The molecule has 0 aromatic heterocycles. The average Bonchev–Trinajstić information content (AvgIpc) is 3.11. The van der Waals surface area contributed by atoms with E-state index in [1.165, 1.54) is 4.90 Å². The second kappa shape index (κ2) is 5.60. The highest BCUT2D eigenvalue weighted by Gasteiger charge is 2.34. The van der Waals surface area contributed by atoms with E-state index in [2.05, 4.69) is 17.0 Å². The maximum atomic E-state index is 13.0. The van der Waals surface area contributed by atoms with Crippen LogP contribution in [-0.4, -0.2) is 27.1 Å². The zero-order chi connectivity index (χ0) is 16.8. The van der Waals surface area contributed by atoms with Crippen LogP contribution < -0.4 is 14.4 Å². The Bertz CT molecular complexity index is 888. The summed E-state index contributed by atoms with van der Waals surface area (Å²) in [6.07, 6.45) is 0.620. The lowest BCUT2D eigenvalue weighted by Crippen LogP contribution is -2.14. The van der Waals surface area contributed by atoms with Gasteiger partial charge in [0.2, 0.25) is 0 Å². The van der Waals surface area contributed by atoms with Gasteiger partial charge < -0.3 is 14.4 Å². The summed E-state index contributed by atoms with van der Waals surface area (Å²) in [6.45, 7) is 0. The van der Waals surface area contributed by atoms with Gasteiger partial charge in [-0.3, -0.25) is 4.79 Å². The molecule has 0 spiro atoms. The van der Waals surface area contributed by atoms with Gasteiger partial charge >= 0.3 is 0 Å². The van der Waals surface area contributed by atoms with Crippen LogP contribution in [-0.2, 0) is 6.42 Å². The van der Waals surface area contributed by atoms with Gasteiger partial charge in [0.15, 0.2) is 17.3 Å². The minimum absolute atomic E-state index is 0.0770. The number of fused-ring (bicyclic) bond motifs is 2. The fraction of sp³-hybridized carbons (Fsp3) is 0.211. The van der Waals surface area contributed by atoms with Crippen molar-refractivity contribution in [2.24, 2.45) is 0 Å². The van der Waals surface area contributed by atoms with E-state index in [4.69, 9.17) is 9.47 Å². The predicted molar refractivity (Wildman–Crippen MR) is 95.3 cm³/mol. The van der Waals surface area contributed by atoms with Gasteiger partial charge in [-0.15, -0.1) is 0 Å². The molecular weight excluding hydrogens is 322 g/mol. The summed E-state index contributed by atoms with van der Waals surface area (Å²) in [5.41, 5.74) is 3.68. The monoisotopic (exact) mass is 339 g/mol. The molecule has 0 unspecified atom stereocenters. The molecule has 0 amide bonds. The number of para-hydroxylation sites is 1. The van der Waals surface area contributed by atoms with Crippen molar-refractivity contribution in [2.45, 2.75) is 11.3 Å². The van der Waals surface area contributed by atoms with Crippen molar-refractivity contribution >= 4 is 23.2 Å². The van der Waals surface area contributed by atoms with E-state index >= 15 is 0 Å². The first-order chi connectivity index (χ1) is 11.6. The number of benzene rings is 2. The maximum Gasteiger partial charge on any atom is 0.192 e. The SMILES string of the molecule is COc1cc2c(cc1OC)C(=O)C(=C1Sc3ccccc3N1C)C2. The summed E-state index contributed by atoms with van der Waals surface area (Å²) in [4.78, 5) is 16.2. The number of carbonyl (C=O) groups is 1. The second-order valence-electron chi connectivity index (χ2n) is 5.78. The van der Waals surface area contributed by atoms with Crippen LogP contribution in [0.25, 0.3) is 0 Å². The van der Waals surface area contributed by atoms with Crippen molar-refractivity contribution in [1.29, 1.82) is 0 Å². The lowest BCUT2D eigenvalue weighted by molar-refractivity contribution is 0.103. The van der Waals surface area contributed by atoms with Gasteiger partial charge in [-0.25, -0.2) is 0 Å². The molecule has 0 atom stereocenters. The number of nitrogens with zero attached hydrogens (tertiary/aromatic N) is 1. The van der Waals surface area contributed by atoms with Crippen LogP contribution in [0.2, 0.25) is 0 Å². The van der Waals surface area contributed by atoms with Crippen LogP contribution >= 0.6 is 11.8 Å². The van der Waals surface area contributed by atoms with Gasteiger partial charge in [0.1, 0.15) is 0 Å². The minimum atomic E-state index is 0.0770. The first kappa shape index (κ1) is 15.1. The number of ether oxygens (including phenoxy) is 2. The molecule has 0 saturated carbocycles. The molecule has 4 nitrogen and oxygen atoms in total. The summed E-state index contributed by atoms with van der Waals surface area (Å²) in [5.74, 6) is 1.32. The standard InChI is InChI=1S/C19H17NO3S/c1-20-14-6-4-5-7-17(14)24-19(20)13-8-11-9-15(22-2)16(23-3)10-12(11)18(13)21/h4-7,9-10H,8H2,1-3H3. The number of carbonyl (C=O) groups excluding carboxylic acids is 1. The normalized spacial score (nSPS) is 18.6. The number of thioether (sulfide) groups is 1. The Balaban J connectivity index is 1.79. The van der Waals surface area contributed by atoms with Crippen LogP contribution in [0.4, 0.5) is 5.69 Å². The van der Waals surface area contributed by atoms with E-state index in [9.17, 15) is 4.79 Å². The van der Waals surface area contributed by atoms with E-state index in [1.807, 2.05) is 25.2 Å². The van der Waals surface area contributed by atoms with Crippen molar-refractivity contribution in [1.82, 2.24) is 0 Å². The number of hydrogen-bond acceptors (Lipinski definition) is 5. The van der Waals surface area contributed by atoms with Gasteiger partial charge in [-0.1, -0.05) is 23.9 Å². The molecule has 0 fully saturated rings. The third-order valence-electron chi connectivity index (χ3n) is 4.49. The number of rotatable bonds is 2. The largest absolute Gasteiger partial charge is 0.493 e. The summed E-state index contributed by atoms with van der Waals surface area (Å²) in [6, 6.07) is 11.9. The summed E-state index contributed by atoms with van der Waals surface area (Å²) < 4.78 is 10.7. The van der Waals surface area contributed by atoms with E-state index in [0.717, 1.165) is 21.9 Å². The van der Waals surface area contributed by atoms with Crippen molar-refractivity contribution < 1.29 is 14.3 Å². The van der Waals surface area contributed by atoms with E-state index in [0.29, 0.717) is 23.5 Å². The van der Waals surface area contributed by atoms with Gasteiger partial charge in [0.05, 0.1) is 24.9 Å². The van der Waals surface area contributed by atoms with Crippen LogP contribution in [0.3, 0.4) is 0 Å².